The van der Waals surface area contributed by atoms with Gasteiger partial charge < -0.3 is 0 Å². The lowest BCUT2D eigenvalue weighted by Crippen LogP contribution is -2.08. The molecule has 0 radical (unpaired) electrons. The Kier molecular flexibility index (Phi) is 3.81. The van der Waals surface area contributed by atoms with Gasteiger partial charge in [-0.3, -0.25) is 9.59 Å². The third kappa shape index (κ3) is 2.66. The molecule has 1 rings (SSSR count). The summed E-state index contributed by atoms with van der Waals surface area (Å²) in [7, 11) is 0. The van der Waals surface area contributed by atoms with Crippen molar-refractivity contribution in [3.63, 3.8) is 0 Å². The van der Waals surface area contributed by atoms with E-state index in [4.69, 9.17) is 0 Å². The van der Waals surface area contributed by atoms with Gasteiger partial charge in [-0.25, -0.2) is 0 Å². The number of allylic oxidation sites excluding steroid dienone is 4. The number of carbonyl (C=O) groups is 2. The van der Waals surface area contributed by atoms with Crippen LogP contribution in [0, 0.1) is 0 Å². The quantitative estimate of drug-likeness (QED) is 0.641. The molecule has 0 bridgehead atoms. The maximum atomic E-state index is 11.1. The van der Waals surface area contributed by atoms with Crippen LogP contribution in [0.25, 0.3) is 0 Å². The van der Waals surface area contributed by atoms with Crippen LogP contribution in [0.4, 0.5) is 0 Å². The predicted molar refractivity (Wildman–Crippen MR) is 56.0 cm³/mol. The summed E-state index contributed by atoms with van der Waals surface area (Å²) >= 11 is 0. The van der Waals surface area contributed by atoms with E-state index in [0.717, 1.165) is 24.0 Å². The molecule has 2 nitrogen and oxygen atoms in total. The second kappa shape index (κ2) is 4.89. The zero-order valence-corrected chi connectivity index (χ0v) is 8.80. The molecular formula is C12H16O2. The average Bonchev–Trinajstić information content (AvgIpc) is 2.19. The molecule has 76 valence electrons. The summed E-state index contributed by atoms with van der Waals surface area (Å²) in [5.41, 5.74) is 2.11. The van der Waals surface area contributed by atoms with Crippen LogP contribution in [-0.4, -0.2) is 11.6 Å². The van der Waals surface area contributed by atoms with Gasteiger partial charge in [0.25, 0.3) is 0 Å². The highest BCUT2D eigenvalue weighted by Gasteiger charge is 2.17. The second-order valence-corrected chi connectivity index (χ2v) is 3.48. The van der Waals surface area contributed by atoms with Crippen LogP contribution in [-0.2, 0) is 9.59 Å². The van der Waals surface area contributed by atoms with Crippen LogP contribution in [0.3, 0.4) is 0 Å². The van der Waals surface area contributed by atoms with Crippen molar-refractivity contribution in [2.24, 2.45) is 0 Å². The number of hydrogen-bond acceptors (Lipinski definition) is 2. The van der Waals surface area contributed by atoms with Crippen LogP contribution in [0.15, 0.2) is 23.3 Å². The summed E-state index contributed by atoms with van der Waals surface area (Å²) in [6.45, 7) is 3.69. The smallest absolute Gasteiger partial charge is 0.155 e. The first-order chi connectivity index (χ1) is 6.67. The van der Waals surface area contributed by atoms with E-state index in [2.05, 4.69) is 0 Å². The Labute approximate surface area is 84.7 Å². The molecule has 0 amide bonds. The standard InChI is InChI=1S/C12H16O2/c1-3-11(13)7-9-5-6-10(9)8-12(14)4-2/h7-8H,3-6H2,1-2H3/b9-7-,10-8+. The van der Waals surface area contributed by atoms with Gasteiger partial charge in [0.15, 0.2) is 11.6 Å². The van der Waals surface area contributed by atoms with Gasteiger partial charge >= 0.3 is 0 Å². The highest BCUT2D eigenvalue weighted by atomic mass is 16.1. The van der Waals surface area contributed by atoms with Crippen molar-refractivity contribution in [3.8, 4) is 0 Å². The van der Waals surface area contributed by atoms with Crippen molar-refractivity contribution in [2.45, 2.75) is 39.5 Å². The monoisotopic (exact) mass is 192 g/mol. The Morgan fingerprint density at radius 2 is 1.36 bits per heavy atom. The summed E-state index contributed by atoms with van der Waals surface area (Å²) in [4.78, 5) is 22.3. The van der Waals surface area contributed by atoms with Crippen LogP contribution < -0.4 is 0 Å². The molecule has 14 heavy (non-hydrogen) atoms. The van der Waals surface area contributed by atoms with Gasteiger partial charge in [0.1, 0.15) is 0 Å². The first kappa shape index (κ1) is 10.9. The Morgan fingerprint density at radius 3 is 1.57 bits per heavy atom. The summed E-state index contributed by atoms with van der Waals surface area (Å²) in [5.74, 6) is 0.295. The summed E-state index contributed by atoms with van der Waals surface area (Å²) in [5, 5.41) is 0. The van der Waals surface area contributed by atoms with Crippen LogP contribution in [0.1, 0.15) is 39.5 Å². The predicted octanol–water partition coefficient (Wildman–Crippen LogP) is 2.59. The fourth-order valence-corrected chi connectivity index (χ4v) is 1.34. The van der Waals surface area contributed by atoms with Crippen molar-refractivity contribution in [3.05, 3.63) is 23.3 Å². The number of ketones is 2. The Bertz CT molecular complexity index is 276. The van der Waals surface area contributed by atoms with E-state index in [-0.39, 0.29) is 11.6 Å². The second-order valence-electron chi connectivity index (χ2n) is 3.48. The van der Waals surface area contributed by atoms with Gasteiger partial charge in [0.2, 0.25) is 0 Å². The number of hydrogen-bond donors (Lipinski definition) is 0. The number of rotatable bonds is 4. The van der Waals surface area contributed by atoms with Gasteiger partial charge in [-0.2, -0.15) is 0 Å². The van der Waals surface area contributed by atoms with Gasteiger partial charge in [0.05, 0.1) is 0 Å². The van der Waals surface area contributed by atoms with Crippen molar-refractivity contribution in [2.75, 3.05) is 0 Å². The molecule has 0 aromatic rings. The van der Waals surface area contributed by atoms with E-state index in [1.165, 1.54) is 0 Å². The summed E-state index contributed by atoms with van der Waals surface area (Å²) < 4.78 is 0. The van der Waals surface area contributed by atoms with E-state index in [0.29, 0.717) is 12.8 Å². The van der Waals surface area contributed by atoms with Gasteiger partial charge in [0, 0.05) is 12.8 Å². The third-order valence-electron chi connectivity index (χ3n) is 2.44. The third-order valence-corrected chi connectivity index (χ3v) is 2.44. The van der Waals surface area contributed by atoms with E-state index >= 15 is 0 Å². The normalized spacial score (nSPS) is 21.0. The largest absolute Gasteiger partial charge is 0.295 e. The first-order valence-corrected chi connectivity index (χ1v) is 5.14. The van der Waals surface area contributed by atoms with Crippen LogP contribution in [0.5, 0.6) is 0 Å². The van der Waals surface area contributed by atoms with Gasteiger partial charge in [-0.05, 0) is 36.1 Å². The molecule has 0 aliphatic heterocycles. The SMILES string of the molecule is CCC(=O)/C=C1/CC/C1=C\C(=O)CC. The fourth-order valence-electron chi connectivity index (χ4n) is 1.34. The van der Waals surface area contributed by atoms with E-state index in [1.807, 2.05) is 13.8 Å². The molecule has 0 unspecified atom stereocenters. The molecule has 2 heteroatoms. The van der Waals surface area contributed by atoms with Crippen molar-refractivity contribution < 1.29 is 9.59 Å². The fraction of sp³-hybridized carbons (Fsp3) is 0.500. The Hall–Kier alpha value is -1.18. The lowest BCUT2D eigenvalue weighted by molar-refractivity contribution is -0.115. The molecule has 0 spiro atoms. The zero-order valence-electron chi connectivity index (χ0n) is 8.80. The topological polar surface area (TPSA) is 34.1 Å². The minimum absolute atomic E-state index is 0.148. The molecule has 0 atom stereocenters. The Balaban J connectivity index is 2.67. The van der Waals surface area contributed by atoms with Crippen molar-refractivity contribution in [1.82, 2.24) is 0 Å². The molecule has 1 aliphatic carbocycles. The van der Waals surface area contributed by atoms with Gasteiger partial charge in [-0.1, -0.05) is 13.8 Å². The molecule has 1 fully saturated rings. The molecule has 0 aromatic carbocycles. The minimum atomic E-state index is 0.148. The summed E-state index contributed by atoms with van der Waals surface area (Å²) in [6, 6.07) is 0. The molecule has 0 heterocycles. The first-order valence-electron chi connectivity index (χ1n) is 5.14. The van der Waals surface area contributed by atoms with Crippen LogP contribution in [0.2, 0.25) is 0 Å². The maximum Gasteiger partial charge on any atom is 0.155 e. The molecule has 0 N–H and O–H groups in total. The van der Waals surface area contributed by atoms with Crippen LogP contribution >= 0.6 is 0 Å². The molecule has 1 aliphatic rings. The highest BCUT2D eigenvalue weighted by Crippen LogP contribution is 2.32. The maximum absolute atomic E-state index is 11.1. The van der Waals surface area contributed by atoms with Crippen molar-refractivity contribution >= 4 is 11.6 Å². The van der Waals surface area contributed by atoms with Gasteiger partial charge in [-0.15, -0.1) is 0 Å². The van der Waals surface area contributed by atoms with E-state index < -0.39 is 0 Å². The minimum Gasteiger partial charge on any atom is -0.295 e. The molecule has 1 saturated carbocycles. The number of carbonyl (C=O) groups excluding carboxylic acids is 2. The molecular weight excluding hydrogens is 176 g/mol. The summed E-state index contributed by atoms with van der Waals surface area (Å²) in [6.07, 6.45) is 6.32. The molecule has 0 saturated heterocycles. The van der Waals surface area contributed by atoms with E-state index in [9.17, 15) is 9.59 Å². The Morgan fingerprint density at radius 1 is 1.00 bits per heavy atom. The lowest BCUT2D eigenvalue weighted by Gasteiger charge is -2.21. The van der Waals surface area contributed by atoms with E-state index in [1.54, 1.807) is 12.2 Å². The molecule has 0 aromatic heterocycles. The highest BCUT2D eigenvalue weighted by molar-refractivity contribution is 5.94. The van der Waals surface area contributed by atoms with Crippen molar-refractivity contribution in [1.29, 1.82) is 0 Å². The average molecular weight is 192 g/mol. The zero-order chi connectivity index (χ0) is 10.6. The lowest BCUT2D eigenvalue weighted by atomic mass is 9.83.